The number of hydrogen-bond donors (Lipinski definition) is 1. The molecule has 2 aromatic rings. The third kappa shape index (κ3) is 2.18. The molecule has 0 amide bonds. The molecule has 0 radical (unpaired) electrons. The van der Waals surface area contributed by atoms with Crippen molar-refractivity contribution >= 4 is 21.5 Å². The Labute approximate surface area is 122 Å². The molecule has 108 valence electrons. The van der Waals surface area contributed by atoms with Crippen LogP contribution in [-0.2, 0) is 23.2 Å². The molecule has 20 heavy (non-hydrogen) atoms. The summed E-state index contributed by atoms with van der Waals surface area (Å²) in [5.41, 5.74) is 2.90. The Hall–Kier alpha value is -1.22. The number of nitrogens with one attached hydrogen (secondary N) is 1. The fraction of sp³-hybridized carbons (Fsp3) is 0.417. The van der Waals surface area contributed by atoms with Gasteiger partial charge in [-0.25, -0.2) is 0 Å². The normalized spacial score (nSPS) is 16.6. The van der Waals surface area contributed by atoms with Crippen molar-refractivity contribution in [3.05, 3.63) is 28.8 Å². The van der Waals surface area contributed by atoms with Crippen molar-refractivity contribution in [3.63, 3.8) is 0 Å². The van der Waals surface area contributed by atoms with E-state index in [1.165, 1.54) is 8.61 Å². The van der Waals surface area contributed by atoms with Gasteiger partial charge in [0.2, 0.25) is 0 Å². The van der Waals surface area contributed by atoms with Crippen LogP contribution in [0.15, 0.2) is 17.5 Å². The summed E-state index contributed by atoms with van der Waals surface area (Å²) < 4.78 is 27.2. The molecule has 0 saturated heterocycles. The largest absolute Gasteiger partial charge is 0.282 e. The van der Waals surface area contributed by atoms with Crippen LogP contribution >= 0.6 is 11.3 Å². The lowest BCUT2D eigenvalue weighted by Crippen LogP contribution is -2.42. The average Bonchev–Trinajstić information content (AvgIpc) is 3.06. The maximum atomic E-state index is 12.2. The molecule has 0 unspecified atom stereocenters. The van der Waals surface area contributed by atoms with E-state index in [1.807, 2.05) is 17.5 Å². The summed E-state index contributed by atoms with van der Waals surface area (Å²) >= 11 is 1.61. The Balaban J connectivity index is 1.97. The molecule has 0 spiro atoms. The number of aromatic nitrogens is 2. The van der Waals surface area contributed by atoms with E-state index < -0.39 is 10.2 Å². The van der Waals surface area contributed by atoms with E-state index in [-0.39, 0.29) is 0 Å². The molecule has 0 aliphatic carbocycles. The minimum atomic E-state index is -3.38. The van der Waals surface area contributed by atoms with Crippen LogP contribution in [0.2, 0.25) is 0 Å². The summed E-state index contributed by atoms with van der Waals surface area (Å²) in [4.78, 5) is 1.06. The Morgan fingerprint density at radius 1 is 1.45 bits per heavy atom. The second kappa shape index (κ2) is 4.96. The Kier molecular flexibility index (Phi) is 3.41. The second-order valence-electron chi connectivity index (χ2n) is 4.88. The van der Waals surface area contributed by atoms with Gasteiger partial charge in [0.15, 0.2) is 0 Å². The Bertz CT molecular complexity index is 704. The van der Waals surface area contributed by atoms with Gasteiger partial charge in [0, 0.05) is 44.9 Å². The number of aromatic amines is 1. The number of rotatable bonds is 3. The highest BCUT2D eigenvalue weighted by atomic mass is 32.2. The summed E-state index contributed by atoms with van der Waals surface area (Å²) in [6, 6.07) is 3.97. The summed E-state index contributed by atoms with van der Waals surface area (Å²) in [5, 5.41) is 9.38. The number of thiophene rings is 1. The van der Waals surface area contributed by atoms with Crippen LogP contribution in [0.1, 0.15) is 11.3 Å². The molecule has 6 nitrogen and oxygen atoms in total. The maximum Gasteiger partial charge on any atom is 0.281 e. The van der Waals surface area contributed by atoms with Crippen LogP contribution in [0.4, 0.5) is 0 Å². The summed E-state index contributed by atoms with van der Waals surface area (Å²) in [7, 11) is -0.266. The van der Waals surface area contributed by atoms with Crippen molar-refractivity contribution in [3.8, 4) is 10.6 Å². The fourth-order valence-electron chi connectivity index (χ4n) is 2.32. The first-order valence-electron chi connectivity index (χ1n) is 6.27. The second-order valence-corrected chi connectivity index (χ2v) is 7.97. The molecule has 2 aromatic heterocycles. The Morgan fingerprint density at radius 3 is 2.90 bits per heavy atom. The zero-order chi connectivity index (χ0) is 14.3. The third-order valence-corrected chi connectivity index (χ3v) is 6.20. The van der Waals surface area contributed by atoms with Crippen LogP contribution in [-0.4, -0.2) is 47.9 Å². The summed E-state index contributed by atoms with van der Waals surface area (Å²) in [6.45, 7) is 0.860. The van der Waals surface area contributed by atoms with E-state index in [1.54, 1.807) is 25.4 Å². The molecule has 8 heteroatoms. The van der Waals surface area contributed by atoms with E-state index in [0.717, 1.165) is 21.8 Å². The molecular formula is C12H16N4O2S2. The number of fused-ring (bicyclic) bond motifs is 1. The zero-order valence-corrected chi connectivity index (χ0v) is 13.0. The molecule has 0 bridgehead atoms. The minimum Gasteiger partial charge on any atom is -0.282 e. The number of H-pyrrole nitrogens is 1. The smallest absolute Gasteiger partial charge is 0.281 e. The molecule has 0 saturated carbocycles. The number of nitrogens with zero attached hydrogens (tertiary/aromatic N) is 3. The first-order chi connectivity index (χ1) is 9.50. The van der Waals surface area contributed by atoms with Crippen LogP contribution in [0.3, 0.4) is 0 Å². The molecule has 0 fully saturated rings. The highest BCUT2D eigenvalue weighted by Crippen LogP contribution is 2.32. The monoisotopic (exact) mass is 312 g/mol. The minimum absolute atomic E-state index is 0.375. The molecule has 1 N–H and O–H groups in total. The van der Waals surface area contributed by atoms with Gasteiger partial charge in [-0.2, -0.15) is 22.1 Å². The van der Waals surface area contributed by atoms with Gasteiger partial charge in [-0.05, 0) is 11.4 Å². The first kappa shape index (κ1) is 13.7. The van der Waals surface area contributed by atoms with Crippen molar-refractivity contribution in [1.29, 1.82) is 0 Å². The predicted molar refractivity (Wildman–Crippen MR) is 78.6 cm³/mol. The SMILES string of the molecule is CN(C)S(=O)(=O)N1CCc2[nH]nc(-c3cccs3)c2C1. The van der Waals surface area contributed by atoms with Gasteiger partial charge >= 0.3 is 0 Å². The van der Waals surface area contributed by atoms with Crippen molar-refractivity contribution in [2.24, 2.45) is 0 Å². The zero-order valence-electron chi connectivity index (χ0n) is 11.3. The topological polar surface area (TPSA) is 69.3 Å². The molecule has 0 atom stereocenters. The van der Waals surface area contributed by atoms with Crippen LogP contribution in [0, 0.1) is 0 Å². The predicted octanol–water partition coefficient (Wildman–Crippen LogP) is 1.30. The summed E-state index contributed by atoms with van der Waals surface area (Å²) in [6.07, 6.45) is 0.667. The molecule has 0 aromatic carbocycles. The molecule has 1 aliphatic rings. The quantitative estimate of drug-likeness (QED) is 0.929. The van der Waals surface area contributed by atoms with Gasteiger partial charge in [0.05, 0.1) is 4.88 Å². The van der Waals surface area contributed by atoms with Crippen molar-refractivity contribution in [2.45, 2.75) is 13.0 Å². The lowest BCUT2D eigenvalue weighted by molar-refractivity contribution is 0.358. The van der Waals surface area contributed by atoms with Gasteiger partial charge in [0.1, 0.15) is 5.69 Å². The van der Waals surface area contributed by atoms with Crippen LogP contribution in [0.25, 0.3) is 10.6 Å². The molecular weight excluding hydrogens is 296 g/mol. The van der Waals surface area contributed by atoms with E-state index in [4.69, 9.17) is 0 Å². The van der Waals surface area contributed by atoms with Gasteiger partial charge < -0.3 is 0 Å². The lowest BCUT2D eigenvalue weighted by Gasteiger charge is -2.28. The van der Waals surface area contributed by atoms with E-state index in [0.29, 0.717) is 19.5 Å². The van der Waals surface area contributed by atoms with E-state index >= 15 is 0 Å². The van der Waals surface area contributed by atoms with Gasteiger partial charge in [-0.15, -0.1) is 11.3 Å². The van der Waals surface area contributed by atoms with Crippen molar-refractivity contribution < 1.29 is 8.42 Å². The van der Waals surface area contributed by atoms with Gasteiger partial charge in [-0.1, -0.05) is 6.07 Å². The van der Waals surface area contributed by atoms with E-state index in [9.17, 15) is 8.42 Å². The highest BCUT2D eigenvalue weighted by Gasteiger charge is 2.31. The lowest BCUT2D eigenvalue weighted by atomic mass is 10.1. The average molecular weight is 312 g/mol. The van der Waals surface area contributed by atoms with Gasteiger partial charge in [0.25, 0.3) is 10.2 Å². The van der Waals surface area contributed by atoms with Gasteiger partial charge in [-0.3, -0.25) is 5.10 Å². The van der Waals surface area contributed by atoms with E-state index in [2.05, 4.69) is 10.2 Å². The number of hydrogen-bond acceptors (Lipinski definition) is 4. The fourth-order valence-corrected chi connectivity index (χ4v) is 4.13. The Morgan fingerprint density at radius 2 is 2.25 bits per heavy atom. The standard InChI is InChI=1S/C12H16N4O2S2/c1-15(2)20(17,18)16-6-5-10-9(8-16)12(14-13-10)11-4-3-7-19-11/h3-4,7H,5-6,8H2,1-2H3,(H,13,14). The van der Waals surface area contributed by atoms with Crippen LogP contribution < -0.4 is 0 Å². The first-order valence-corrected chi connectivity index (χ1v) is 8.55. The third-order valence-electron chi connectivity index (χ3n) is 3.44. The van der Waals surface area contributed by atoms with Crippen molar-refractivity contribution in [2.75, 3.05) is 20.6 Å². The van der Waals surface area contributed by atoms with Crippen molar-refractivity contribution in [1.82, 2.24) is 18.8 Å². The highest BCUT2D eigenvalue weighted by molar-refractivity contribution is 7.86. The molecule has 3 rings (SSSR count). The van der Waals surface area contributed by atoms with Crippen LogP contribution in [0.5, 0.6) is 0 Å². The molecule has 1 aliphatic heterocycles. The molecule has 3 heterocycles. The maximum absolute atomic E-state index is 12.2. The summed E-state index contributed by atoms with van der Waals surface area (Å²) in [5.74, 6) is 0.